The molecule has 1 aliphatic carbocycles. The minimum atomic E-state index is -0.115. The van der Waals surface area contributed by atoms with Gasteiger partial charge in [0.15, 0.2) is 5.16 Å². The van der Waals surface area contributed by atoms with E-state index >= 15 is 0 Å². The second kappa shape index (κ2) is 7.07. The first-order chi connectivity index (χ1) is 11.1. The molecule has 0 saturated heterocycles. The van der Waals surface area contributed by atoms with Gasteiger partial charge < -0.3 is 4.90 Å². The highest BCUT2D eigenvalue weighted by Gasteiger charge is 2.33. The van der Waals surface area contributed by atoms with Gasteiger partial charge in [-0.3, -0.25) is 14.2 Å². The van der Waals surface area contributed by atoms with Gasteiger partial charge in [-0.05, 0) is 26.7 Å². The normalized spacial score (nSPS) is 21.7. The molecule has 1 aromatic rings. The Morgan fingerprint density at radius 2 is 2.13 bits per heavy atom. The van der Waals surface area contributed by atoms with E-state index in [0.29, 0.717) is 18.2 Å². The van der Waals surface area contributed by atoms with Crippen molar-refractivity contribution in [1.29, 1.82) is 0 Å². The maximum Gasteiger partial charge on any atom is 0.257 e. The number of carbonyl (C=O) groups excluding carboxylic acids is 1. The van der Waals surface area contributed by atoms with Gasteiger partial charge in [-0.15, -0.1) is 0 Å². The molecule has 2 heterocycles. The highest BCUT2D eigenvalue weighted by atomic mass is 32.2. The lowest BCUT2D eigenvalue weighted by Gasteiger charge is -2.37. The zero-order chi connectivity index (χ0) is 16.4. The average molecular weight is 335 g/mol. The predicted molar refractivity (Wildman–Crippen MR) is 91.7 cm³/mol. The van der Waals surface area contributed by atoms with Gasteiger partial charge in [-0.1, -0.05) is 31.0 Å². The van der Waals surface area contributed by atoms with Gasteiger partial charge in [-0.2, -0.15) is 0 Å². The number of aryl methyl sites for hydroxylation is 1. The molecule has 126 valence electrons. The average Bonchev–Trinajstić information content (AvgIpc) is 2.59. The Morgan fingerprint density at radius 3 is 2.83 bits per heavy atom. The highest BCUT2D eigenvalue weighted by molar-refractivity contribution is 7.99. The molecule has 1 unspecified atom stereocenters. The minimum Gasteiger partial charge on any atom is -0.340 e. The molecule has 23 heavy (non-hydrogen) atoms. The number of hydrogen-bond donors (Lipinski definition) is 0. The quantitative estimate of drug-likeness (QED) is 0.796. The van der Waals surface area contributed by atoms with Crippen LogP contribution >= 0.6 is 11.8 Å². The summed E-state index contributed by atoms with van der Waals surface area (Å²) in [5, 5.41) is 0.741. The van der Waals surface area contributed by atoms with E-state index in [9.17, 15) is 9.59 Å². The van der Waals surface area contributed by atoms with Crippen molar-refractivity contribution in [3.8, 4) is 0 Å². The van der Waals surface area contributed by atoms with Crippen molar-refractivity contribution in [2.24, 2.45) is 5.92 Å². The van der Waals surface area contributed by atoms with E-state index in [1.807, 2.05) is 0 Å². The third kappa shape index (κ3) is 3.32. The van der Waals surface area contributed by atoms with Crippen LogP contribution in [-0.4, -0.2) is 38.7 Å². The summed E-state index contributed by atoms with van der Waals surface area (Å²) in [7, 11) is 0. The number of rotatable bonds is 3. The van der Waals surface area contributed by atoms with Crippen molar-refractivity contribution in [3.63, 3.8) is 0 Å². The molecular formula is C17H25N3O2S. The first kappa shape index (κ1) is 16.6. The summed E-state index contributed by atoms with van der Waals surface area (Å²) in [4.78, 5) is 31.7. The molecule has 0 spiro atoms. The summed E-state index contributed by atoms with van der Waals surface area (Å²) >= 11 is 1.53. The molecule has 1 saturated carbocycles. The first-order valence-electron chi connectivity index (χ1n) is 8.61. The molecule has 1 atom stereocenters. The molecule has 1 fully saturated rings. The van der Waals surface area contributed by atoms with Crippen LogP contribution in [0.3, 0.4) is 0 Å². The Hall–Kier alpha value is -1.30. The molecule has 0 aromatic carbocycles. The van der Waals surface area contributed by atoms with E-state index < -0.39 is 0 Å². The summed E-state index contributed by atoms with van der Waals surface area (Å²) in [5.41, 5.74) is 0.628. The largest absolute Gasteiger partial charge is 0.340 e. The SMILES string of the molecule is CCN(C(=O)C1CSc2ncc(C)c(=O)n2C1)C1CCCCC1. The number of fused-ring (bicyclic) bond motifs is 1. The smallest absolute Gasteiger partial charge is 0.257 e. The summed E-state index contributed by atoms with van der Waals surface area (Å²) in [6.07, 6.45) is 7.60. The van der Waals surface area contributed by atoms with E-state index in [4.69, 9.17) is 0 Å². The molecule has 0 bridgehead atoms. The molecule has 3 rings (SSSR count). The maximum absolute atomic E-state index is 13.0. The van der Waals surface area contributed by atoms with E-state index in [0.717, 1.165) is 30.3 Å². The van der Waals surface area contributed by atoms with Gasteiger partial charge in [0.2, 0.25) is 5.91 Å². The molecule has 5 nitrogen and oxygen atoms in total. The molecule has 0 N–H and O–H groups in total. The number of hydrogen-bond acceptors (Lipinski definition) is 4. The second-order valence-electron chi connectivity index (χ2n) is 6.56. The fraction of sp³-hybridized carbons (Fsp3) is 0.706. The van der Waals surface area contributed by atoms with Crippen molar-refractivity contribution in [2.75, 3.05) is 12.3 Å². The van der Waals surface area contributed by atoms with Crippen LogP contribution in [0.1, 0.15) is 44.6 Å². The molecule has 6 heteroatoms. The third-order valence-electron chi connectivity index (χ3n) is 4.99. The molecular weight excluding hydrogens is 310 g/mol. The van der Waals surface area contributed by atoms with Crippen molar-refractivity contribution in [3.05, 3.63) is 22.1 Å². The number of nitrogens with zero attached hydrogens (tertiary/aromatic N) is 3. The van der Waals surface area contributed by atoms with Crippen LogP contribution in [0, 0.1) is 12.8 Å². The molecule has 2 aliphatic rings. The molecule has 1 amide bonds. The Bertz CT molecular complexity index is 637. The lowest BCUT2D eigenvalue weighted by molar-refractivity contribution is -0.138. The Kier molecular flexibility index (Phi) is 5.09. The standard InChI is InChI=1S/C17H25N3O2S/c1-3-19(14-7-5-4-6-8-14)16(22)13-10-20-15(21)12(2)9-18-17(20)23-11-13/h9,13-14H,3-8,10-11H2,1-2H3. The third-order valence-corrected chi connectivity index (χ3v) is 6.14. The Balaban J connectivity index is 1.77. The monoisotopic (exact) mass is 335 g/mol. The molecule has 1 aromatic heterocycles. The lowest BCUT2D eigenvalue weighted by Crippen LogP contribution is -2.47. The fourth-order valence-electron chi connectivity index (χ4n) is 3.67. The Morgan fingerprint density at radius 1 is 1.39 bits per heavy atom. The summed E-state index contributed by atoms with van der Waals surface area (Å²) in [6.45, 7) is 5.07. The van der Waals surface area contributed by atoms with E-state index in [2.05, 4.69) is 16.8 Å². The number of carbonyl (C=O) groups is 1. The topological polar surface area (TPSA) is 55.2 Å². The first-order valence-corrected chi connectivity index (χ1v) is 9.60. The summed E-state index contributed by atoms with van der Waals surface area (Å²) < 4.78 is 1.68. The molecule has 0 radical (unpaired) electrons. The maximum atomic E-state index is 13.0. The highest BCUT2D eigenvalue weighted by Crippen LogP contribution is 2.29. The predicted octanol–water partition coefficient (Wildman–Crippen LogP) is 2.45. The van der Waals surface area contributed by atoms with E-state index in [1.54, 1.807) is 17.7 Å². The number of amides is 1. The Labute approximate surface area is 141 Å². The van der Waals surface area contributed by atoms with Crippen molar-refractivity contribution in [1.82, 2.24) is 14.5 Å². The van der Waals surface area contributed by atoms with Gasteiger partial charge in [0.1, 0.15) is 0 Å². The van der Waals surface area contributed by atoms with Crippen molar-refractivity contribution < 1.29 is 4.79 Å². The summed E-state index contributed by atoms with van der Waals surface area (Å²) in [6, 6.07) is 0.389. The van der Waals surface area contributed by atoms with E-state index in [-0.39, 0.29) is 17.4 Å². The lowest BCUT2D eigenvalue weighted by atomic mass is 9.93. The number of thioether (sulfide) groups is 1. The van der Waals surface area contributed by atoms with Crippen LogP contribution in [-0.2, 0) is 11.3 Å². The van der Waals surface area contributed by atoms with Gasteiger partial charge >= 0.3 is 0 Å². The second-order valence-corrected chi connectivity index (χ2v) is 7.55. The van der Waals surface area contributed by atoms with Crippen molar-refractivity contribution in [2.45, 2.75) is 63.7 Å². The number of aromatic nitrogens is 2. The van der Waals surface area contributed by atoms with Crippen LogP contribution in [0.25, 0.3) is 0 Å². The van der Waals surface area contributed by atoms with Gasteiger partial charge in [0.25, 0.3) is 5.56 Å². The fourth-order valence-corrected chi connectivity index (χ4v) is 4.71. The summed E-state index contributed by atoms with van der Waals surface area (Å²) in [5.74, 6) is 0.819. The minimum absolute atomic E-state index is 0.0132. The van der Waals surface area contributed by atoms with E-state index in [1.165, 1.54) is 31.0 Å². The van der Waals surface area contributed by atoms with Gasteiger partial charge in [0, 0.05) is 36.6 Å². The van der Waals surface area contributed by atoms with Crippen LogP contribution in [0.2, 0.25) is 0 Å². The van der Waals surface area contributed by atoms with Crippen LogP contribution in [0.15, 0.2) is 16.1 Å². The molecule has 1 aliphatic heterocycles. The van der Waals surface area contributed by atoms with Crippen molar-refractivity contribution >= 4 is 17.7 Å². The van der Waals surface area contributed by atoms with Gasteiger partial charge in [-0.25, -0.2) is 4.98 Å². The van der Waals surface area contributed by atoms with Crippen LogP contribution in [0.4, 0.5) is 0 Å². The van der Waals surface area contributed by atoms with Crippen LogP contribution < -0.4 is 5.56 Å². The zero-order valence-corrected chi connectivity index (χ0v) is 14.8. The van der Waals surface area contributed by atoms with Crippen LogP contribution in [0.5, 0.6) is 0 Å². The zero-order valence-electron chi connectivity index (χ0n) is 14.0. The van der Waals surface area contributed by atoms with Gasteiger partial charge in [0.05, 0.1) is 5.92 Å².